The fourth-order valence-corrected chi connectivity index (χ4v) is 6.32. The van der Waals surface area contributed by atoms with E-state index in [2.05, 4.69) is 31.8 Å². The molecule has 3 aromatic carbocycles. The highest BCUT2D eigenvalue weighted by Crippen LogP contribution is 2.39. The van der Waals surface area contributed by atoms with E-state index in [4.69, 9.17) is 19.9 Å². The van der Waals surface area contributed by atoms with Gasteiger partial charge >= 0.3 is 0 Å². The number of ether oxygens (including phenoxy) is 3. The lowest BCUT2D eigenvalue weighted by Gasteiger charge is -2.22. The van der Waals surface area contributed by atoms with Gasteiger partial charge in [-0.2, -0.15) is 5.10 Å². The summed E-state index contributed by atoms with van der Waals surface area (Å²) in [7, 11) is 4.96. The number of imidazole rings is 1. The molecule has 10 heteroatoms. The molecule has 10 nitrogen and oxygen atoms in total. The van der Waals surface area contributed by atoms with E-state index in [0.29, 0.717) is 29.9 Å². The normalized spacial score (nSPS) is 14.2. The number of allylic oxidation sites excluding steroid dienone is 3. The van der Waals surface area contributed by atoms with E-state index in [1.807, 2.05) is 85.8 Å². The van der Waals surface area contributed by atoms with Crippen molar-refractivity contribution in [3.63, 3.8) is 0 Å². The Morgan fingerprint density at radius 3 is 2.35 bits per heavy atom. The largest absolute Gasteiger partial charge is 0.497 e. The first kappa shape index (κ1) is 30.6. The first-order valence-corrected chi connectivity index (χ1v) is 15.6. The van der Waals surface area contributed by atoms with Gasteiger partial charge in [0.15, 0.2) is 0 Å². The van der Waals surface area contributed by atoms with Crippen LogP contribution in [0.3, 0.4) is 0 Å². The minimum Gasteiger partial charge on any atom is -0.497 e. The van der Waals surface area contributed by atoms with Gasteiger partial charge in [0.2, 0.25) is 5.78 Å². The number of hydrogen-bond acceptors (Lipinski definition) is 7. The summed E-state index contributed by atoms with van der Waals surface area (Å²) in [6, 6.07) is 23.5. The van der Waals surface area contributed by atoms with Crippen LogP contribution in [0.1, 0.15) is 45.5 Å². The number of anilines is 1. The number of carbonyl (C=O) groups excluding carboxylic acids is 1. The number of rotatable bonds is 10. The van der Waals surface area contributed by atoms with Gasteiger partial charge in [0, 0.05) is 23.7 Å². The number of aromatic nitrogens is 5. The number of ketones is 1. The molecular formula is C38H36N6O4. The molecular weight excluding hydrogens is 604 g/mol. The van der Waals surface area contributed by atoms with Crippen molar-refractivity contribution in [2.24, 2.45) is 0 Å². The van der Waals surface area contributed by atoms with Gasteiger partial charge in [0.05, 0.1) is 55.5 Å². The maximum atomic E-state index is 14.7. The van der Waals surface area contributed by atoms with Crippen LogP contribution >= 0.6 is 0 Å². The highest BCUT2D eigenvalue weighted by atomic mass is 16.5. The molecule has 242 valence electrons. The van der Waals surface area contributed by atoms with Gasteiger partial charge in [-0.1, -0.05) is 30.3 Å². The zero-order valence-electron chi connectivity index (χ0n) is 27.2. The third-order valence-electron chi connectivity index (χ3n) is 8.81. The van der Waals surface area contributed by atoms with Crippen molar-refractivity contribution < 1.29 is 19.0 Å². The zero-order chi connectivity index (χ0) is 33.4. The van der Waals surface area contributed by atoms with Crippen molar-refractivity contribution in [1.82, 2.24) is 24.3 Å². The predicted molar refractivity (Wildman–Crippen MR) is 186 cm³/mol. The number of nitrogens with one attached hydrogen (secondary N) is 1. The predicted octanol–water partition coefficient (Wildman–Crippen LogP) is 6.98. The number of methoxy groups -OCH3 is 3. The van der Waals surface area contributed by atoms with Gasteiger partial charge < -0.3 is 29.5 Å². The Balaban J connectivity index is 1.38. The van der Waals surface area contributed by atoms with Crippen molar-refractivity contribution in [1.29, 1.82) is 0 Å². The Hall–Kier alpha value is -6.03. The smallest absolute Gasteiger partial charge is 0.214 e. The number of carbonyl (C=O) groups is 1. The zero-order valence-corrected chi connectivity index (χ0v) is 27.2. The maximum Gasteiger partial charge on any atom is 0.214 e. The van der Waals surface area contributed by atoms with Gasteiger partial charge in [0.25, 0.3) is 0 Å². The molecule has 48 heavy (non-hydrogen) atoms. The first-order chi connectivity index (χ1) is 23.4. The van der Waals surface area contributed by atoms with Crippen LogP contribution in [0, 0.1) is 6.92 Å². The molecule has 3 N–H and O–H groups in total. The lowest BCUT2D eigenvalue weighted by Crippen LogP contribution is -2.17. The third-order valence-corrected chi connectivity index (χ3v) is 8.81. The Morgan fingerprint density at radius 1 is 0.958 bits per heavy atom. The molecule has 7 rings (SSSR count). The quantitative estimate of drug-likeness (QED) is 0.155. The topological polar surface area (TPSA) is 122 Å². The number of nitrogens with two attached hydrogens (primary N) is 1. The number of benzene rings is 3. The Kier molecular flexibility index (Phi) is 8.06. The van der Waals surface area contributed by atoms with E-state index in [9.17, 15) is 4.79 Å². The Bertz CT molecular complexity index is 2180. The van der Waals surface area contributed by atoms with Crippen LogP contribution < -0.4 is 15.2 Å². The molecule has 0 saturated heterocycles. The lowest BCUT2D eigenvalue weighted by molar-refractivity contribution is 0.103. The molecule has 0 saturated carbocycles. The van der Waals surface area contributed by atoms with Gasteiger partial charge in [-0.25, -0.2) is 9.67 Å². The van der Waals surface area contributed by atoms with Crippen LogP contribution in [0.5, 0.6) is 11.5 Å². The molecule has 6 aromatic rings. The van der Waals surface area contributed by atoms with E-state index in [1.54, 1.807) is 32.2 Å². The molecule has 1 aliphatic rings. The second kappa shape index (κ2) is 12.6. The van der Waals surface area contributed by atoms with Crippen LogP contribution in [-0.4, -0.2) is 51.4 Å². The number of aromatic amines is 1. The summed E-state index contributed by atoms with van der Waals surface area (Å²) in [6.45, 7) is 2.36. The van der Waals surface area contributed by atoms with Crippen LogP contribution in [0.4, 0.5) is 5.82 Å². The summed E-state index contributed by atoms with van der Waals surface area (Å²) in [6.07, 6.45) is 8.45. The van der Waals surface area contributed by atoms with Crippen LogP contribution in [0.2, 0.25) is 0 Å². The molecule has 0 bridgehead atoms. The van der Waals surface area contributed by atoms with Crippen molar-refractivity contribution in [2.45, 2.75) is 25.8 Å². The standard InChI is InChI=1S/C38H36N6O4/c1-23-41-33-18-11-27(19-34(33)42-23)44-38(39)32(21-40-44)37(45)35-20-31(25-7-14-29(47-3)15-8-25)36(26-9-16-30(48-4)17-10-26)43(35)22-24-5-12-28(46-2)13-6-24/h5-9,11-21,26H,10,22,39H2,1-4H3,(H,41,42). The monoisotopic (exact) mass is 640 g/mol. The summed E-state index contributed by atoms with van der Waals surface area (Å²) < 4.78 is 20.0. The molecule has 0 amide bonds. The van der Waals surface area contributed by atoms with Gasteiger partial charge in [-0.15, -0.1) is 0 Å². The van der Waals surface area contributed by atoms with Gasteiger partial charge in [-0.05, 0) is 85.2 Å². The van der Waals surface area contributed by atoms with E-state index in [-0.39, 0.29) is 17.5 Å². The fourth-order valence-electron chi connectivity index (χ4n) is 6.32. The van der Waals surface area contributed by atoms with E-state index in [0.717, 1.165) is 56.5 Å². The first-order valence-electron chi connectivity index (χ1n) is 15.6. The van der Waals surface area contributed by atoms with Crippen molar-refractivity contribution in [3.05, 3.63) is 131 Å². The average molecular weight is 641 g/mol. The van der Waals surface area contributed by atoms with Crippen LogP contribution in [-0.2, 0) is 11.3 Å². The number of hydrogen-bond donors (Lipinski definition) is 2. The molecule has 0 aliphatic heterocycles. The minimum atomic E-state index is -0.224. The van der Waals surface area contributed by atoms with Crippen molar-refractivity contribution in [3.8, 4) is 28.3 Å². The number of aryl methyl sites for hydroxylation is 1. The SMILES string of the molecule is COC1=CCC(c2c(-c3ccc(OC)cc3)cc(C(=O)c3cnn(-c4ccc5[nH]c(C)nc5c4)c3N)n2Cc2ccc(OC)cc2)C=C1. The number of H-pyrrole nitrogens is 1. The maximum absolute atomic E-state index is 14.7. The van der Waals surface area contributed by atoms with Crippen LogP contribution in [0.25, 0.3) is 27.8 Å². The molecule has 1 aliphatic carbocycles. The summed E-state index contributed by atoms with van der Waals surface area (Å²) in [5.74, 6) is 3.14. The highest BCUT2D eigenvalue weighted by molar-refractivity contribution is 6.11. The third kappa shape index (κ3) is 5.62. The van der Waals surface area contributed by atoms with E-state index in [1.165, 1.54) is 0 Å². The van der Waals surface area contributed by atoms with E-state index < -0.39 is 0 Å². The second-order valence-corrected chi connectivity index (χ2v) is 11.7. The molecule has 0 spiro atoms. The highest BCUT2D eigenvalue weighted by Gasteiger charge is 2.29. The molecule has 0 fully saturated rings. The number of nitrogens with zero attached hydrogens (tertiary/aromatic N) is 4. The lowest BCUT2D eigenvalue weighted by atomic mass is 9.91. The average Bonchev–Trinajstić information content (AvgIpc) is 3.81. The van der Waals surface area contributed by atoms with Crippen LogP contribution in [0.15, 0.2) is 103 Å². The van der Waals surface area contributed by atoms with Crippen molar-refractivity contribution >= 4 is 22.6 Å². The molecule has 1 unspecified atom stereocenters. The molecule has 3 aromatic heterocycles. The minimum absolute atomic E-state index is 0.0232. The molecule has 1 atom stereocenters. The Morgan fingerprint density at radius 2 is 1.69 bits per heavy atom. The Labute approximate surface area is 278 Å². The summed E-state index contributed by atoms with van der Waals surface area (Å²) in [5, 5.41) is 4.56. The van der Waals surface area contributed by atoms with Gasteiger partial charge in [-0.3, -0.25) is 4.79 Å². The molecule has 0 radical (unpaired) electrons. The summed E-state index contributed by atoms with van der Waals surface area (Å²) >= 11 is 0. The summed E-state index contributed by atoms with van der Waals surface area (Å²) in [4.78, 5) is 22.4. The second-order valence-electron chi connectivity index (χ2n) is 11.7. The van der Waals surface area contributed by atoms with Gasteiger partial charge in [0.1, 0.15) is 28.9 Å². The van der Waals surface area contributed by atoms with Crippen molar-refractivity contribution in [2.75, 3.05) is 27.1 Å². The fraction of sp³-hybridized carbons (Fsp3) is 0.184. The number of fused-ring (bicyclic) bond motifs is 1. The molecule has 3 heterocycles. The summed E-state index contributed by atoms with van der Waals surface area (Å²) in [5.41, 5.74) is 13.9. The van der Waals surface area contributed by atoms with E-state index >= 15 is 0 Å². The number of nitrogen functional groups attached to an aromatic ring is 1.